The summed E-state index contributed by atoms with van der Waals surface area (Å²) >= 11 is 0. The van der Waals surface area contributed by atoms with Crippen LogP contribution in [0.15, 0.2) is 243 Å². The van der Waals surface area contributed by atoms with Crippen molar-refractivity contribution < 1.29 is 71.4 Å². The molecule has 0 saturated carbocycles. The summed E-state index contributed by atoms with van der Waals surface area (Å²) in [6, 6.07) is 88.4. The minimum atomic E-state index is -10.7. The first kappa shape index (κ1) is 59.7. The SMILES string of the molecule is F[P-](F)(F)(F)(F)F.F[P-](F)(F)(F)(F)F.[Pt+2].c1ccc(P(CCP(c2ccccc2)c2ccccc2)c2ccccc2)cc1.c1ccc(P(CCP(c2ccccc2)c2ccccc2)c2ccccc2)cc1. The normalized spacial score (nSPS) is 13.3. The van der Waals surface area contributed by atoms with Gasteiger partial charge in [-0.3, -0.25) is 0 Å². The summed E-state index contributed by atoms with van der Waals surface area (Å²) < 4.78 is 118. The Labute approximate surface area is 426 Å². The van der Waals surface area contributed by atoms with Gasteiger partial charge in [-0.05, 0) is 98.8 Å². The van der Waals surface area contributed by atoms with Crippen LogP contribution in [-0.4, -0.2) is 24.6 Å². The molecule has 0 spiro atoms. The molecule has 0 aliphatic rings. The minimum absolute atomic E-state index is 0. The summed E-state index contributed by atoms with van der Waals surface area (Å²) in [5.41, 5.74) is 0. The van der Waals surface area contributed by atoms with Gasteiger partial charge in [0.25, 0.3) is 0 Å². The Hall–Kier alpha value is -3.81. The van der Waals surface area contributed by atoms with Crippen molar-refractivity contribution in [1.29, 1.82) is 0 Å². The van der Waals surface area contributed by atoms with Crippen molar-refractivity contribution in [3.05, 3.63) is 243 Å². The fourth-order valence-electron chi connectivity index (χ4n) is 6.89. The summed E-state index contributed by atoms with van der Waals surface area (Å²) in [6.45, 7) is 0. The van der Waals surface area contributed by atoms with Crippen LogP contribution in [0, 0.1) is 0 Å². The molecule has 0 aliphatic carbocycles. The van der Waals surface area contributed by atoms with Gasteiger partial charge in [-0.1, -0.05) is 243 Å². The number of benzene rings is 8. The smallest absolute Gasteiger partial charge is 0.0622 e. The molecule has 8 aromatic rings. The summed E-state index contributed by atoms with van der Waals surface area (Å²) in [4.78, 5) is 0. The Morgan fingerprint density at radius 1 is 0.197 bits per heavy atom. The maximum Gasteiger partial charge on any atom is 2.00 e. The van der Waals surface area contributed by atoms with Crippen LogP contribution in [0.5, 0.6) is 0 Å². The molecule has 0 nitrogen and oxygen atoms in total. The molecule has 0 atom stereocenters. The topological polar surface area (TPSA) is 0 Å². The third kappa shape index (κ3) is 26.1. The van der Waals surface area contributed by atoms with E-state index in [2.05, 4.69) is 243 Å². The van der Waals surface area contributed by atoms with Gasteiger partial charge in [0.2, 0.25) is 0 Å². The zero-order chi connectivity index (χ0) is 50.9. The van der Waals surface area contributed by atoms with Crippen LogP contribution in [0.2, 0.25) is 0 Å². The molecule has 0 N–H and O–H groups in total. The van der Waals surface area contributed by atoms with Gasteiger partial charge in [0.1, 0.15) is 0 Å². The van der Waals surface area contributed by atoms with Crippen molar-refractivity contribution in [3.8, 4) is 0 Å². The van der Waals surface area contributed by atoms with E-state index >= 15 is 0 Å². The Morgan fingerprint density at radius 3 is 0.366 bits per heavy atom. The molecule has 0 amide bonds. The minimum Gasteiger partial charge on any atom is -0.0622 e. The summed E-state index contributed by atoms with van der Waals surface area (Å²) in [7, 11) is -22.7. The van der Waals surface area contributed by atoms with E-state index in [0.29, 0.717) is 0 Å². The van der Waals surface area contributed by atoms with E-state index in [1.54, 1.807) is 0 Å². The maximum absolute atomic E-state index is 10.7. The second-order valence-electron chi connectivity index (χ2n) is 15.2. The molecule has 0 aromatic heterocycles. The first-order chi connectivity index (χ1) is 32.7. The summed E-state index contributed by atoms with van der Waals surface area (Å²) in [5.74, 6) is 0. The van der Waals surface area contributed by atoms with Crippen LogP contribution >= 0.6 is 47.3 Å². The van der Waals surface area contributed by atoms with E-state index in [-0.39, 0.29) is 52.8 Å². The van der Waals surface area contributed by atoms with Crippen LogP contribution in [-0.2, 0) is 21.1 Å². The van der Waals surface area contributed by atoms with Gasteiger partial charge in [-0.2, -0.15) is 0 Å². The molecular formula is C52H48F12P6Pt. The molecule has 0 aliphatic heterocycles. The summed E-state index contributed by atoms with van der Waals surface area (Å²) in [5, 5.41) is 11.8. The third-order valence-electron chi connectivity index (χ3n) is 9.64. The van der Waals surface area contributed by atoms with Gasteiger partial charge < -0.3 is 0 Å². The molecule has 380 valence electrons. The molecule has 0 heterocycles. The van der Waals surface area contributed by atoms with E-state index in [4.69, 9.17) is 0 Å². The Balaban J connectivity index is 0.000000241. The summed E-state index contributed by atoms with van der Waals surface area (Å²) in [6.07, 6.45) is 4.83. The van der Waals surface area contributed by atoms with Crippen LogP contribution in [0.3, 0.4) is 0 Å². The number of hydrogen-bond donors (Lipinski definition) is 0. The Bertz CT molecular complexity index is 2200. The van der Waals surface area contributed by atoms with Crippen molar-refractivity contribution in [1.82, 2.24) is 0 Å². The van der Waals surface area contributed by atoms with E-state index in [1.165, 1.54) is 67.1 Å². The van der Waals surface area contributed by atoms with E-state index < -0.39 is 15.6 Å². The van der Waals surface area contributed by atoms with E-state index in [1.807, 2.05) is 0 Å². The van der Waals surface area contributed by atoms with Crippen LogP contribution in [0.25, 0.3) is 0 Å². The van der Waals surface area contributed by atoms with Gasteiger partial charge in [0.15, 0.2) is 0 Å². The second-order valence-corrected chi connectivity index (χ2v) is 28.4. The molecule has 71 heavy (non-hydrogen) atoms. The van der Waals surface area contributed by atoms with Crippen molar-refractivity contribution in [3.63, 3.8) is 0 Å². The molecule has 0 unspecified atom stereocenters. The van der Waals surface area contributed by atoms with Gasteiger partial charge in [0, 0.05) is 0 Å². The molecule has 0 radical (unpaired) electrons. The van der Waals surface area contributed by atoms with Crippen molar-refractivity contribution >= 4 is 89.7 Å². The first-order valence-corrected chi connectivity index (χ1v) is 31.5. The van der Waals surface area contributed by atoms with Crippen molar-refractivity contribution in [2.24, 2.45) is 0 Å². The molecule has 19 heteroatoms. The predicted molar refractivity (Wildman–Crippen MR) is 283 cm³/mol. The van der Waals surface area contributed by atoms with Crippen molar-refractivity contribution in [2.75, 3.05) is 24.6 Å². The predicted octanol–water partition coefficient (Wildman–Crippen LogP) is 17.3. The molecule has 0 bridgehead atoms. The largest absolute Gasteiger partial charge is 2.00 e. The monoisotopic (exact) mass is 1280 g/mol. The third-order valence-corrected chi connectivity index (χ3v) is 20.4. The fraction of sp³-hybridized carbons (Fsp3) is 0.0769. The number of hydrogen-bond acceptors (Lipinski definition) is 0. The zero-order valence-corrected chi connectivity index (χ0v) is 45.1. The Kier molecular flexibility index (Phi) is 21.0. The average molecular weight is 1280 g/mol. The molecule has 0 saturated heterocycles. The van der Waals surface area contributed by atoms with Crippen molar-refractivity contribution in [2.45, 2.75) is 0 Å². The standard InChI is InChI=1S/2C26H24P2.2F6P.Pt/c2*1-5-13-23(14-6-1)27(24-15-7-2-8-16-24)21-22-28(25-17-9-3-10-18-25)26-19-11-4-12-20-26;2*1-7(2,3,4,5)6;/h2*1-20H,21-22H2;;;/q;;2*-1;+2. The first-order valence-electron chi connectivity index (χ1n) is 21.4. The quantitative estimate of drug-likeness (QED) is 0.0752. The second kappa shape index (κ2) is 24.9. The molecule has 0 fully saturated rings. The maximum atomic E-state index is 9.87. The van der Waals surface area contributed by atoms with E-state index in [9.17, 15) is 50.4 Å². The van der Waals surface area contributed by atoms with Gasteiger partial charge in [-0.25, -0.2) is 0 Å². The van der Waals surface area contributed by atoms with Gasteiger partial charge in [-0.15, -0.1) is 0 Å². The Morgan fingerprint density at radius 2 is 0.282 bits per heavy atom. The fourth-order valence-corrected chi connectivity index (χ4v) is 17.6. The molecular weight excluding hydrogens is 1230 g/mol. The number of halogens is 12. The van der Waals surface area contributed by atoms with Crippen LogP contribution in [0.4, 0.5) is 50.4 Å². The van der Waals surface area contributed by atoms with Crippen LogP contribution in [0.1, 0.15) is 0 Å². The number of rotatable bonds is 14. The molecule has 8 aromatic carbocycles. The van der Waals surface area contributed by atoms with Gasteiger partial charge >= 0.3 is 87.0 Å². The zero-order valence-electron chi connectivity index (χ0n) is 37.5. The average Bonchev–Trinajstić information content (AvgIpc) is 3.32. The molecule has 8 rings (SSSR count). The van der Waals surface area contributed by atoms with Gasteiger partial charge in [0.05, 0.1) is 0 Å². The van der Waals surface area contributed by atoms with Crippen LogP contribution < -0.4 is 42.4 Å². The van der Waals surface area contributed by atoms with E-state index in [0.717, 1.165) is 0 Å².